The molecule has 1 fully saturated rings. The van der Waals surface area contributed by atoms with Gasteiger partial charge in [0.25, 0.3) is 0 Å². The predicted octanol–water partition coefficient (Wildman–Crippen LogP) is 2.28. The first kappa shape index (κ1) is 18.0. The highest BCUT2D eigenvalue weighted by atomic mass is 16.4. The summed E-state index contributed by atoms with van der Waals surface area (Å²) >= 11 is 0. The number of nitrogens with zero attached hydrogens (tertiary/aromatic N) is 1. The van der Waals surface area contributed by atoms with E-state index in [0.717, 1.165) is 38.5 Å². The maximum Gasteiger partial charge on any atom is 0.307 e. The van der Waals surface area contributed by atoms with Crippen molar-refractivity contribution in [3.05, 3.63) is 0 Å². The topological polar surface area (TPSA) is 77.8 Å². The minimum absolute atomic E-state index is 0.0655. The number of aliphatic hydroxyl groups is 1. The van der Waals surface area contributed by atoms with Crippen molar-refractivity contribution in [1.29, 1.82) is 0 Å². The zero-order valence-corrected chi connectivity index (χ0v) is 13.1. The molecule has 122 valence electrons. The molecule has 0 spiro atoms. The van der Waals surface area contributed by atoms with E-state index in [0.29, 0.717) is 25.9 Å². The van der Waals surface area contributed by atoms with Crippen LogP contribution in [0.4, 0.5) is 0 Å². The lowest BCUT2D eigenvalue weighted by molar-refractivity contribution is -0.152. The van der Waals surface area contributed by atoms with E-state index in [1.54, 1.807) is 4.90 Å². The quantitative estimate of drug-likeness (QED) is 0.640. The summed E-state index contributed by atoms with van der Waals surface area (Å²) in [5.41, 5.74) is 0. The summed E-state index contributed by atoms with van der Waals surface area (Å²) in [6, 6.07) is 0. The number of carboxylic acids is 1. The lowest BCUT2D eigenvalue weighted by Crippen LogP contribution is -2.44. The van der Waals surface area contributed by atoms with Gasteiger partial charge >= 0.3 is 5.97 Å². The molecule has 1 aliphatic carbocycles. The van der Waals surface area contributed by atoms with E-state index < -0.39 is 17.8 Å². The number of carboxylic acid groups (broad SMARTS) is 1. The van der Waals surface area contributed by atoms with Crippen molar-refractivity contribution in [2.45, 2.75) is 58.3 Å². The fourth-order valence-corrected chi connectivity index (χ4v) is 3.14. The lowest BCUT2D eigenvalue weighted by Gasteiger charge is -2.32. The second-order valence-corrected chi connectivity index (χ2v) is 5.95. The largest absolute Gasteiger partial charge is 0.481 e. The molecule has 0 heterocycles. The van der Waals surface area contributed by atoms with Gasteiger partial charge in [-0.1, -0.05) is 39.0 Å². The van der Waals surface area contributed by atoms with E-state index in [2.05, 4.69) is 6.92 Å². The van der Waals surface area contributed by atoms with Crippen molar-refractivity contribution in [1.82, 2.24) is 4.90 Å². The van der Waals surface area contributed by atoms with Crippen LogP contribution in [0.15, 0.2) is 0 Å². The first-order valence-electron chi connectivity index (χ1n) is 8.24. The van der Waals surface area contributed by atoms with Crippen LogP contribution in [0.1, 0.15) is 58.3 Å². The first-order valence-corrected chi connectivity index (χ1v) is 8.24. The van der Waals surface area contributed by atoms with Crippen LogP contribution >= 0.6 is 0 Å². The molecule has 0 aromatic heterocycles. The average Bonchev–Trinajstić information content (AvgIpc) is 2.49. The van der Waals surface area contributed by atoms with Gasteiger partial charge in [-0.3, -0.25) is 9.59 Å². The van der Waals surface area contributed by atoms with Crippen LogP contribution in [0.2, 0.25) is 0 Å². The monoisotopic (exact) mass is 299 g/mol. The Morgan fingerprint density at radius 2 is 1.71 bits per heavy atom. The van der Waals surface area contributed by atoms with E-state index >= 15 is 0 Å². The van der Waals surface area contributed by atoms with Gasteiger partial charge in [0.05, 0.1) is 18.4 Å². The number of aliphatic carboxylic acids is 1. The lowest BCUT2D eigenvalue weighted by atomic mass is 9.78. The Morgan fingerprint density at radius 1 is 1.05 bits per heavy atom. The van der Waals surface area contributed by atoms with Gasteiger partial charge in [-0.25, -0.2) is 0 Å². The second kappa shape index (κ2) is 9.77. The molecule has 0 radical (unpaired) electrons. The van der Waals surface area contributed by atoms with Gasteiger partial charge in [-0.15, -0.1) is 0 Å². The summed E-state index contributed by atoms with van der Waals surface area (Å²) in [7, 11) is 0. The number of carbonyl (C=O) groups is 2. The molecule has 0 bridgehead atoms. The molecule has 0 aromatic carbocycles. The minimum Gasteiger partial charge on any atom is -0.481 e. The normalized spacial score (nSPS) is 22.0. The molecule has 2 unspecified atom stereocenters. The molecule has 0 aliphatic heterocycles. The van der Waals surface area contributed by atoms with Crippen LogP contribution in [-0.4, -0.2) is 46.7 Å². The molecule has 0 aromatic rings. The molecule has 0 saturated heterocycles. The second-order valence-electron chi connectivity index (χ2n) is 5.95. The van der Waals surface area contributed by atoms with Crippen LogP contribution in [0.25, 0.3) is 0 Å². The van der Waals surface area contributed by atoms with Crippen molar-refractivity contribution >= 4 is 11.9 Å². The number of amides is 1. The molecular weight excluding hydrogens is 270 g/mol. The molecule has 1 amide bonds. The summed E-state index contributed by atoms with van der Waals surface area (Å²) in [5.74, 6) is -1.90. The van der Waals surface area contributed by atoms with E-state index in [9.17, 15) is 14.7 Å². The molecular formula is C16H29NO4. The Kier molecular flexibility index (Phi) is 8.35. The van der Waals surface area contributed by atoms with Crippen molar-refractivity contribution in [3.8, 4) is 0 Å². The van der Waals surface area contributed by atoms with Crippen LogP contribution in [0.3, 0.4) is 0 Å². The molecule has 2 atom stereocenters. The number of hydrogen-bond donors (Lipinski definition) is 2. The van der Waals surface area contributed by atoms with Gasteiger partial charge in [-0.05, 0) is 19.3 Å². The van der Waals surface area contributed by atoms with Crippen LogP contribution < -0.4 is 0 Å². The van der Waals surface area contributed by atoms with Crippen LogP contribution in [0, 0.1) is 11.8 Å². The summed E-state index contributed by atoms with van der Waals surface area (Å²) < 4.78 is 0. The van der Waals surface area contributed by atoms with E-state index in [-0.39, 0.29) is 12.5 Å². The van der Waals surface area contributed by atoms with Crippen molar-refractivity contribution in [2.75, 3.05) is 19.7 Å². The number of rotatable bonds is 9. The van der Waals surface area contributed by atoms with Crippen molar-refractivity contribution in [3.63, 3.8) is 0 Å². The van der Waals surface area contributed by atoms with Gasteiger partial charge in [0, 0.05) is 13.1 Å². The fourth-order valence-electron chi connectivity index (χ4n) is 3.14. The highest BCUT2D eigenvalue weighted by Crippen LogP contribution is 2.31. The SMILES string of the molecule is CCCCCCN(CCO)C(=O)C1CCCCC1C(=O)O. The third-order valence-corrected chi connectivity index (χ3v) is 4.36. The highest BCUT2D eigenvalue weighted by Gasteiger charge is 2.37. The standard InChI is InChI=1S/C16H29NO4/c1-2-3-4-7-10-17(11-12-18)15(19)13-8-5-6-9-14(13)16(20)21/h13-14,18H,2-12H2,1H3,(H,20,21). The maximum absolute atomic E-state index is 12.6. The number of unbranched alkanes of at least 4 members (excludes halogenated alkanes) is 3. The minimum atomic E-state index is -0.858. The zero-order chi connectivity index (χ0) is 15.7. The predicted molar refractivity (Wildman–Crippen MR) is 80.9 cm³/mol. The fraction of sp³-hybridized carbons (Fsp3) is 0.875. The van der Waals surface area contributed by atoms with E-state index in [1.165, 1.54) is 0 Å². The van der Waals surface area contributed by atoms with Gasteiger partial charge < -0.3 is 15.1 Å². The number of hydrogen-bond acceptors (Lipinski definition) is 3. The molecule has 5 heteroatoms. The van der Waals surface area contributed by atoms with Crippen LogP contribution in [0.5, 0.6) is 0 Å². The summed E-state index contributed by atoms with van der Waals surface area (Å²) in [4.78, 5) is 25.6. The van der Waals surface area contributed by atoms with Crippen molar-refractivity contribution < 1.29 is 19.8 Å². The Balaban J connectivity index is 2.62. The molecule has 2 N–H and O–H groups in total. The Hall–Kier alpha value is -1.10. The maximum atomic E-state index is 12.6. The van der Waals surface area contributed by atoms with Gasteiger partial charge in [0.2, 0.25) is 5.91 Å². The van der Waals surface area contributed by atoms with Crippen LogP contribution in [-0.2, 0) is 9.59 Å². The molecule has 1 rings (SSSR count). The number of aliphatic hydroxyl groups excluding tert-OH is 1. The third kappa shape index (κ3) is 5.65. The summed E-state index contributed by atoms with van der Waals surface area (Å²) in [5, 5.41) is 18.4. The first-order chi connectivity index (χ1) is 10.1. The third-order valence-electron chi connectivity index (χ3n) is 4.36. The average molecular weight is 299 g/mol. The molecule has 5 nitrogen and oxygen atoms in total. The molecule has 1 saturated carbocycles. The zero-order valence-electron chi connectivity index (χ0n) is 13.1. The van der Waals surface area contributed by atoms with E-state index in [4.69, 9.17) is 5.11 Å². The van der Waals surface area contributed by atoms with Gasteiger partial charge in [0.15, 0.2) is 0 Å². The van der Waals surface area contributed by atoms with Gasteiger partial charge in [0.1, 0.15) is 0 Å². The van der Waals surface area contributed by atoms with Crippen molar-refractivity contribution in [2.24, 2.45) is 11.8 Å². The van der Waals surface area contributed by atoms with E-state index in [1.807, 2.05) is 0 Å². The highest BCUT2D eigenvalue weighted by molar-refractivity contribution is 5.85. The van der Waals surface area contributed by atoms with Gasteiger partial charge in [-0.2, -0.15) is 0 Å². The summed E-state index contributed by atoms with van der Waals surface area (Å²) in [6.45, 7) is 3.01. The number of carbonyl (C=O) groups excluding carboxylic acids is 1. The molecule has 1 aliphatic rings. The Labute approximate surface area is 127 Å². The summed E-state index contributed by atoms with van der Waals surface area (Å²) in [6.07, 6.45) is 7.32. The Morgan fingerprint density at radius 3 is 2.29 bits per heavy atom. The smallest absolute Gasteiger partial charge is 0.307 e. The molecule has 21 heavy (non-hydrogen) atoms. The Bertz CT molecular complexity index is 332.